The summed E-state index contributed by atoms with van der Waals surface area (Å²) in [4.78, 5) is 27.1. The first kappa shape index (κ1) is 17.2. The van der Waals surface area contributed by atoms with Gasteiger partial charge in [0.2, 0.25) is 5.91 Å². The van der Waals surface area contributed by atoms with Gasteiger partial charge in [-0.25, -0.2) is 0 Å². The van der Waals surface area contributed by atoms with E-state index in [-0.39, 0.29) is 24.1 Å². The van der Waals surface area contributed by atoms with Crippen LogP contribution in [0.4, 0.5) is 0 Å². The number of ether oxygens (including phenoxy) is 1. The van der Waals surface area contributed by atoms with E-state index in [4.69, 9.17) is 4.74 Å². The van der Waals surface area contributed by atoms with Crippen LogP contribution in [0.25, 0.3) is 0 Å². The van der Waals surface area contributed by atoms with Gasteiger partial charge in [-0.1, -0.05) is 12.5 Å². The number of aromatic nitrogens is 1. The molecule has 1 aliphatic carbocycles. The maximum absolute atomic E-state index is 12.6. The molecule has 24 heavy (non-hydrogen) atoms. The maximum Gasteiger partial charge on any atom is 0.255 e. The van der Waals surface area contributed by atoms with Gasteiger partial charge >= 0.3 is 0 Å². The van der Waals surface area contributed by atoms with E-state index in [1.807, 2.05) is 13.0 Å². The van der Waals surface area contributed by atoms with Gasteiger partial charge in [0.1, 0.15) is 6.04 Å². The third-order valence-corrected chi connectivity index (χ3v) is 5.15. The number of hydrogen-bond acceptors (Lipinski definition) is 4. The average Bonchev–Trinajstić information content (AvgIpc) is 2.57. The van der Waals surface area contributed by atoms with Gasteiger partial charge in [0, 0.05) is 37.9 Å². The lowest BCUT2D eigenvalue weighted by atomic mass is 9.84. The van der Waals surface area contributed by atoms with Crippen LogP contribution in [-0.4, -0.2) is 47.7 Å². The topological polar surface area (TPSA) is 63.6 Å². The van der Waals surface area contributed by atoms with Gasteiger partial charge in [-0.2, -0.15) is 0 Å². The predicted molar refractivity (Wildman–Crippen MR) is 91.7 cm³/mol. The lowest BCUT2D eigenvalue weighted by Crippen LogP contribution is -2.55. The highest BCUT2D eigenvalue weighted by Crippen LogP contribution is 2.28. The molecule has 1 aromatic heterocycles. The molecule has 6 nitrogen and oxygen atoms in total. The Hall–Kier alpha value is -1.66. The van der Waals surface area contributed by atoms with Crippen molar-refractivity contribution >= 4 is 5.91 Å². The third-order valence-electron chi connectivity index (χ3n) is 5.15. The van der Waals surface area contributed by atoms with Crippen molar-refractivity contribution in [1.29, 1.82) is 0 Å². The van der Waals surface area contributed by atoms with E-state index in [1.54, 1.807) is 16.8 Å². The Morgan fingerprint density at radius 1 is 1.42 bits per heavy atom. The zero-order chi connectivity index (χ0) is 16.9. The minimum Gasteiger partial charge on any atom is -0.378 e. The maximum atomic E-state index is 12.6. The summed E-state index contributed by atoms with van der Waals surface area (Å²) in [5.41, 5.74) is 0.585. The molecule has 1 aromatic rings. The number of carbonyl (C=O) groups is 1. The number of hydrogen-bond donors (Lipinski definition) is 1. The van der Waals surface area contributed by atoms with Crippen molar-refractivity contribution in [2.45, 2.75) is 45.3 Å². The number of morpholine rings is 1. The van der Waals surface area contributed by atoms with Gasteiger partial charge in [0.15, 0.2) is 0 Å². The minimum absolute atomic E-state index is 0.0356. The van der Waals surface area contributed by atoms with E-state index in [9.17, 15) is 9.59 Å². The zero-order valence-electron chi connectivity index (χ0n) is 14.4. The predicted octanol–water partition coefficient (Wildman–Crippen LogP) is 0.985. The largest absolute Gasteiger partial charge is 0.378 e. The molecule has 0 radical (unpaired) electrons. The number of nitrogens with one attached hydrogen (secondary N) is 1. The summed E-state index contributed by atoms with van der Waals surface area (Å²) in [6, 6.07) is 3.38. The SMILES string of the molecule is CCn1cccc(CNC(=O)[C@@H]2COCCN2CC2CCC2)c1=O. The summed E-state index contributed by atoms with van der Waals surface area (Å²) in [6.45, 7) is 5.75. The molecule has 1 saturated heterocycles. The fraction of sp³-hybridized carbons (Fsp3) is 0.667. The Morgan fingerprint density at radius 2 is 2.25 bits per heavy atom. The monoisotopic (exact) mass is 333 g/mol. The molecule has 2 heterocycles. The highest BCUT2D eigenvalue weighted by Gasteiger charge is 2.32. The number of aryl methyl sites for hydroxylation is 1. The number of pyridine rings is 1. The van der Waals surface area contributed by atoms with Crippen LogP contribution in [-0.2, 0) is 22.6 Å². The normalized spacial score (nSPS) is 22.1. The summed E-state index contributed by atoms with van der Waals surface area (Å²) in [6.07, 6.45) is 5.62. The molecule has 3 rings (SSSR count). The molecule has 1 N–H and O–H groups in total. The number of rotatable bonds is 6. The van der Waals surface area contributed by atoms with Crippen molar-refractivity contribution in [2.24, 2.45) is 5.92 Å². The van der Waals surface area contributed by atoms with E-state index < -0.39 is 0 Å². The summed E-state index contributed by atoms with van der Waals surface area (Å²) in [7, 11) is 0. The number of carbonyl (C=O) groups excluding carboxylic acids is 1. The fourth-order valence-electron chi connectivity index (χ4n) is 3.38. The molecule has 1 aliphatic heterocycles. The Labute approximate surface area is 142 Å². The standard InChI is InChI=1S/C18H27N3O3/c1-2-20-8-4-7-15(18(20)23)11-19-17(22)16-13-24-10-9-21(16)12-14-5-3-6-14/h4,7-8,14,16H,2-3,5-6,9-13H2,1H3,(H,19,22)/t16-/m0/s1. The van der Waals surface area contributed by atoms with Crippen molar-refractivity contribution in [2.75, 3.05) is 26.3 Å². The Balaban J connectivity index is 1.59. The molecule has 1 atom stereocenters. The van der Waals surface area contributed by atoms with Crippen LogP contribution in [0.3, 0.4) is 0 Å². The van der Waals surface area contributed by atoms with Gasteiger partial charge in [-0.3, -0.25) is 14.5 Å². The molecular formula is C18H27N3O3. The summed E-state index contributed by atoms with van der Waals surface area (Å²) >= 11 is 0. The van der Waals surface area contributed by atoms with Crippen LogP contribution >= 0.6 is 0 Å². The van der Waals surface area contributed by atoms with Gasteiger partial charge in [-0.05, 0) is 31.7 Å². The van der Waals surface area contributed by atoms with Gasteiger partial charge in [0.05, 0.1) is 13.2 Å². The van der Waals surface area contributed by atoms with Crippen molar-refractivity contribution in [3.8, 4) is 0 Å². The second-order valence-electron chi connectivity index (χ2n) is 6.72. The minimum atomic E-state index is -0.239. The second kappa shape index (κ2) is 7.94. The first-order valence-corrected chi connectivity index (χ1v) is 8.97. The van der Waals surface area contributed by atoms with Crippen LogP contribution in [0.1, 0.15) is 31.7 Å². The number of nitrogens with zero attached hydrogens (tertiary/aromatic N) is 2. The van der Waals surface area contributed by atoms with Crippen molar-refractivity contribution in [3.63, 3.8) is 0 Å². The van der Waals surface area contributed by atoms with Crippen molar-refractivity contribution in [1.82, 2.24) is 14.8 Å². The quantitative estimate of drug-likeness (QED) is 0.843. The number of amides is 1. The molecule has 2 fully saturated rings. The zero-order valence-corrected chi connectivity index (χ0v) is 14.4. The van der Waals surface area contributed by atoms with Gasteiger partial charge in [0.25, 0.3) is 5.56 Å². The lowest BCUT2D eigenvalue weighted by molar-refractivity contribution is -0.133. The first-order valence-electron chi connectivity index (χ1n) is 8.97. The molecule has 0 unspecified atom stereocenters. The molecule has 0 spiro atoms. The van der Waals surface area contributed by atoms with Crippen LogP contribution in [0.5, 0.6) is 0 Å². The lowest BCUT2D eigenvalue weighted by Gasteiger charge is -2.39. The van der Waals surface area contributed by atoms with Gasteiger partial charge < -0.3 is 14.6 Å². The molecule has 132 valence electrons. The molecule has 0 bridgehead atoms. The summed E-state index contributed by atoms with van der Waals surface area (Å²) in [5, 5.41) is 2.93. The Kier molecular flexibility index (Phi) is 5.68. The molecule has 1 saturated carbocycles. The average molecular weight is 333 g/mol. The second-order valence-corrected chi connectivity index (χ2v) is 6.72. The van der Waals surface area contributed by atoms with E-state index in [1.165, 1.54) is 19.3 Å². The van der Waals surface area contributed by atoms with Crippen LogP contribution in [0, 0.1) is 5.92 Å². The highest BCUT2D eigenvalue weighted by molar-refractivity contribution is 5.82. The van der Waals surface area contributed by atoms with Crippen molar-refractivity contribution < 1.29 is 9.53 Å². The molecule has 6 heteroatoms. The highest BCUT2D eigenvalue weighted by atomic mass is 16.5. The van der Waals surface area contributed by atoms with Crippen LogP contribution < -0.4 is 10.9 Å². The summed E-state index contributed by atoms with van der Waals surface area (Å²) in [5.74, 6) is 0.685. The Bertz CT molecular complexity index is 624. The Morgan fingerprint density at radius 3 is 2.96 bits per heavy atom. The van der Waals surface area contributed by atoms with E-state index in [2.05, 4.69) is 10.2 Å². The molecule has 0 aromatic carbocycles. The molecule has 2 aliphatic rings. The van der Waals surface area contributed by atoms with Crippen LogP contribution in [0.2, 0.25) is 0 Å². The third kappa shape index (κ3) is 3.87. The fourth-order valence-corrected chi connectivity index (χ4v) is 3.38. The van der Waals surface area contributed by atoms with Gasteiger partial charge in [-0.15, -0.1) is 0 Å². The van der Waals surface area contributed by atoms with E-state index >= 15 is 0 Å². The molecular weight excluding hydrogens is 306 g/mol. The van der Waals surface area contributed by atoms with E-state index in [0.717, 1.165) is 19.0 Å². The van der Waals surface area contributed by atoms with Crippen molar-refractivity contribution in [3.05, 3.63) is 34.2 Å². The summed E-state index contributed by atoms with van der Waals surface area (Å²) < 4.78 is 7.16. The first-order chi connectivity index (χ1) is 11.7. The smallest absolute Gasteiger partial charge is 0.255 e. The van der Waals surface area contributed by atoms with Crippen LogP contribution in [0.15, 0.2) is 23.1 Å². The van der Waals surface area contributed by atoms with E-state index in [0.29, 0.717) is 25.3 Å². The molecule has 1 amide bonds.